The Morgan fingerprint density at radius 1 is 1.07 bits per heavy atom. The number of benzene rings is 3. The molecule has 0 radical (unpaired) electrons. The first-order chi connectivity index (χ1) is 13.1. The molecule has 0 aliphatic carbocycles. The van der Waals surface area contributed by atoms with Crippen LogP contribution >= 0.6 is 27.5 Å². The molecule has 3 aromatic rings. The Labute approximate surface area is 173 Å². The van der Waals surface area contributed by atoms with E-state index in [0.29, 0.717) is 13.2 Å². The van der Waals surface area contributed by atoms with Gasteiger partial charge in [0.1, 0.15) is 18.5 Å². The van der Waals surface area contributed by atoms with Crippen LogP contribution in [0.1, 0.15) is 33.9 Å². The highest BCUT2D eigenvalue weighted by molar-refractivity contribution is 9.10. The lowest BCUT2D eigenvalue weighted by atomic mass is 10.0. The van der Waals surface area contributed by atoms with Gasteiger partial charge in [-0.3, -0.25) is 0 Å². The van der Waals surface area contributed by atoms with E-state index >= 15 is 0 Å². The fourth-order valence-electron chi connectivity index (χ4n) is 3.37. The van der Waals surface area contributed by atoms with Crippen molar-refractivity contribution in [3.8, 4) is 5.75 Å². The summed E-state index contributed by atoms with van der Waals surface area (Å²) < 4.78 is 12.9. The molecule has 1 atom stereocenters. The van der Waals surface area contributed by atoms with Crippen LogP contribution in [0.5, 0.6) is 5.75 Å². The van der Waals surface area contributed by atoms with Crippen LogP contribution in [-0.4, -0.2) is 6.61 Å². The molecule has 0 aromatic heterocycles. The van der Waals surface area contributed by atoms with Gasteiger partial charge in [0.2, 0.25) is 0 Å². The molecule has 0 amide bonds. The Hall–Kier alpha value is -1.81. The SMILES string of the molecule is Cc1ccc2c(c1)CO[C@@H]2COc1ccc(Cc2cc(Br)ccc2Cl)cc1. The van der Waals surface area contributed by atoms with Crippen molar-refractivity contribution in [2.75, 3.05) is 6.61 Å². The van der Waals surface area contributed by atoms with Crippen LogP contribution in [0.25, 0.3) is 0 Å². The smallest absolute Gasteiger partial charge is 0.119 e. The summed E-state index contributed by atoms with van der Waals surface area (Å²) in [6.07, 6.45) is 0.789. The average Bonchev–Trinajstić information content (AvgIpc) is 3.06. The van der Waals surface area contributed by atoms with Crippen molar-refractivity contribution in [3.05, 3.63) is 98.0 Å². The Kier molecular flexibility index (Phi) is 5.53. The summed E-state index contributed by atoms with van der Waals surface area (Å²) in [7, 11) is 0. The Bertz CT molecular complexity index is 953. The molecule has 0 unspecified atom stereocenters. The minimum atomic E-state index is 0.000696. The van der Waals surface area contributed by atoms with E-state index in [9.17, 15) is 0 Å². The van der Waals surface area contributed by atoms with Crippen molar-refractivity contribution in [2.24, 2.45) is 0 Å². The molecule has 3 aromatic carbocycles. The third kappa shape index (κ3) is 4.37. The Morgan fingerprint density at radius 3 is 2.70 bits per heavy atom. The lowest BCUT2D eigenvalue weighted by molar-refractivity contribution is 0.0309. The van der Waals surface area contributed by atoms with Crippen LogP contribution in [0.15, 0.2) is 65.1 Å². The summed E-state index contributed by atoms with van der Waals surface area (Å²) in [6, 6.07) is 20.6. The highest BCUT2D eigenvalue weighted by Crippen LogP contribution is 2.32. The standard InChI is InChI=1S/C23H20BrClO2/c1-15-2-8-21-18(10-15)13-27-23(21)14-26-20-6-3-16(4-7-20)11-17-12-19(24)5-9-22(17)25/h2-10,12,23H,11,13-14H2,1H3/t23-/m1/s1. The third-order valence-corrected chi connectivity index (χ3v) is 5.67. The van der Waals surface area contributed by atoms with E-state index in [2.05, 4.69) is 59.3 Å². The van der Waals surface area contributed by atoms with Crippen LogP contribution in [0.3, 0.4) is 0 Å². The molecule has 0 saturated heterocycles. The summed E-state index contributed by atoms with van der Waals surface area (Å²) in [6.45, 7) is 3.29. The zero-order valence-corrected chi connectivity index (χ0v) is 17.4. The molecule has 138 valence electrons. The van der Waals surface area contributed by atoms with E-state index in [-0.39, 0.29) is 6.10 Å². The number of rotatable bonds is 5. The van der Waals surface area contributed by atoms with Crippen molar-refractivity contribution in [1.82, 2.24) is 0 Å². The Morgan fingerprint density at radius 2 is 1.89 bits per heavy atom. The predicted molar refractivity (Wildman–Crippen MR) is 113 cm³/mol. The maximum absolute atomic E-state index is 6.29. The number of fused-ring (bicyclic) bond motifs is 1. The fourth-order valence-corrected chi connectivity index (χ4v) is 3.96. The molecular formula is C23H20BrClO2. The third-order valence-electron chi connectivity index (χ3n) is 4.81. The largest absolute Gasteiger partial charge is 0.491 e. The van der Waals surface area contributed by atoms with Crippen LogP contribution in [0.2, 0.25) is 5.02 Å². The van der Waals surface area contributed by atoms with E-state index < -0.39 is 0 Å². The van der Waals surface area contributed by atoms with E-state index in [1.54, 1.807) is 0 Å². The van der Waals surface area contributed by atoms with Gasteiger partial charge in [-0.25, -0.2) is 0 Å². The summed E-state index contributed by atoms with van der Waals surface area (Å²) in [5.41, 5.74) is 6.07. The zero-order valence-electron chi connectivity index (χ0n) is 15.0. The molecule has 0 bridgehead atoms. The highest BCUT2D eigenvalue weighted by Gasteiger charge is 2.23. The topological polar surface area (TPSA) is 18.5 Å². The van der Waals surface area contributed by atoms with Crippen molar-refractivity contribution in [3.63, 3.8) is 0 Å². The molecular weight excluding hydrogens is 424 g/mol. The van der Waals surface area contributed by atoms with Crippen molar-refractivity contribution in [2.45, 2.75) is 26.1 Å². The van der Waals surface area contributed by atoms with Crippen LogP contribution in [0, 0.1) is 6.92 Å². The molecule has 0 fully saturated rings. The van der Waals surface area contributed by atoms with Gasteiger partial charge in [-0.05, 0) is 65.9 Å². The van der Waals surface area contributed by atoms with Gasteiger partial charge in [0.15, 0.2) is 0 Å². The number of halogens is 2. The van der Waals surface area contributed by atoms with Crippen LogP contribution in [0.4, 0.5) is 0 Å². The second-order valence-electron chi connectivity index (χ2n) is 6.87. The maximum atomic E-state index is 6.29. The van der Waals surface area contributed by atoms with E-state index in [1.807, 2.05) is 24.3 Å². The zero-order chi connectivity index (χ0) is 18.8. The molecule has 4 heteroatoms. The molecule has 0 spiro atoms. The van der Waals surface area contributed by atoms with Gasteiger partial charge in [-0.2, -0.15) is 0 Å². The van der Waals surface area contributed by atoms with Crippen molar-refractivity contribution < 1.29 is 9.47 Å². The molecule has 1 aliphatic rings. The van der Waals surface area contributed by atoms with Crippen molar-refractivity contribution >= 4 is 27.5 Å². The van der Waals surface area contributed by atoms with Gasteiger partial charge in [-0.1, -0.05) is 63.4 Å². The minimum absolute atomic E-state index is 0.000696. The number of hydrogen-bond donors (Lipinski definition) is 0. The highest BCUT2D eigenvalue weighted by atomic mass is 79.9. The Balaban J connectivity index is 1.38. The molecule has 2 nitrogen and oxygen atoms in total. The second kappa shape index (κ2) is 8.05. The number of aryl methyl sites for hydroxylation is 1. The first-order valence-electron chi connectivity index (χ1n) is 8.95. The summed E-state index contributed by atoms with van der Waals surface area (Å²) >= 11 is 9.79. The number of hydrogen-bond acceptors (Lipinski definition) is 2. The summed E-state index contributed by atoms with van der Waals surface area (Å²) in [5, 5.41) is 0.783. The van der Waals surface area contributed by atoms with Gasteiger partial charge in [0, 0.05) is 9.50 Å². The molecule has 4 rings (SSSR count). The lowest BCUT2D eigenvalue weighted by Gasteiger charge is -2.13. The van der Waals surface area contributed by atoms with Gasteiger partial charge >= 0.3 is 0 Å². The summed E-state index contributed by atoms with van der Waals surface area (Å²) in [5.74, 6) is 0.850. The minimum Gasteiger partial charge on any atom is -0.491 e. The van der Waals surface area contributed by atoms with E-state index in [1.165, 1.54) is 22.3 Å². The van der Waals surface area contributed by atoms with Crippen molar-refractivity contribution in [1.29, 1.82) is 0 Å². The fraction of sp³-hybridized carbons (Fsp3) is 0.217. The van der Waals surface area contributed by atoms with Crippen LogP contribution in [-0.2, 0) is 17.8 Å². The molecule has 0 saturated carbocycles. The van der Waals surface area contributed by atoms with Gasteiger partial charge < -0.3 is 9.47 Å². The lowest BCUT2D eigenvalue weighted by Crippen LogP contribution is -2.09. The first kappa shape index (κ1) is 18.5. The molecule has 0 N–H and O–H groups in total. The predicted octanol–water partition coefficient (Wildman–Crippen LogP) is 6.65. The summed E-state index contributed by atoms with van der Waals surface area (Å²) in [4.78, 5) is 0. The quantitative estimate of drug-likeness (QED) is 0.439. The first-order valence-corrected chi connectivity index (χ1v) is 10.1. The average molecular weight is 444 g/mol. The normalized spacial score (nSPS) is 15.6. The second-order valence-corrected chi connectivity index (χ2v) is 8.19. The molecule has 27 heavy (non-hydrogen) atoms. The van der Waals surface area contributed by atoms with E-state index in [4.69, 9.17) is 21.1 Å². The molecule has 1 heterocycles. The number of ether oxygens (including phenoxy) is 2. The van der Waals surface area contributed by atoms with E-state index in [0.717, 1.165) is 27.2 Å². The molecule has 1 aliphatic heterocycles. The van der Waals surface area contributed by atoms with Crippen LogP contribution < -0.4 is 4.74 Å². The van der Waals surface area contributed by atoms with Gasteiger partial charge in [0.05, 0.1) is 6.61 Å². The monoisotopic (exact) mass is 442 g/mol. The van der Waals surface area contributed by atoms with Gasteiger partial charge in [-0.15, -0.1) is 0 Å². The van der Waals surface area contributed by atoms with Gasteiger partial charge in [0.25, 0.3) is 0 Å². The maximum Gasteiger partial charge on any atom is 0.119 e.